The van der Waals surface area contributed by atoms with Gasteiger partial charge in [-0.3, -0.25) is 14.4 Å². The molecule has 1 saturated heterocycles. The van der Waals surface area contributed by atoms with E-state index in [1.54, 1.807) is 47.4 Å². The molecule has 0 saturated carbocycles. The molecule has 3 aromatic rings. The SMILES string of the molecule is Cc1c(NC(=O)c2nn(C(C)C)c(=O)c3ccccc23)cccc1C(=O)N1CCOCC1. The van der Waals surface area contributed by atoms with Crippen LogP contribution < -0.4 is 10.9 Å². The van der Waals surface area contributed by atoms with Crippen molar-refractivity contribution in [2.24, 2.45) is 0 Å². The summed E-state index contributed by atoms with van der Waals surface area (Å²) in [6.07, 6.45) is 0. The number of hydrogen-bond donors (Lipinski definition) is 1. The van der Waals surface area contributed by atoms with Gasteiger partial charge in [-0.05, 0) is 44.5 Å². The number of aromatic nitrogens is 2. The molecule has 1 fully saturated rings. The van der Waals surface area contributed by atoms with Crippen LogP contribution in [0.3, 0.4) is 0 Å². The molecule has 166 valence electrons. The Morgan fingerprint density at radius 3 is 2.41 bits per heavy atom. The third-order valence-electron chi connectivity index (χ3n) is 5.64. The fourth-order valence-corrected chi connectivity index (χ4v) is 3.85. The van der Waals surface area contributed by atoms with Crippen LogP contribution in [0.25, 0.3) is 10.8 Å². The third kappa shape index (κ3) is 4.01. The van der Waals surface area contributed by atoms with Gasteiger partial charge in [0.05, 0.1) is 24.6 Å². The number of carbonyl (C=O) groups is 2. The normalized spacial score (nSPS) is 14.1. The van der Waals surface area contributed by atoms with Gasteiger partial charge < -0.3 is 15.0 Å². The van der Waals surface area contributed by atoms with Gasteiger partial charge in [-0.2, -0.15) is 5.10 Å². The minimum Gasteiger partial charge on any atom is -0.378 e. The highest BCUT2D eigenvalue weighted by molar-refractivity contribution is 6.11. The molecule has 0 aliphatic carbocycles. The maximum Gasteiger partial charge on any atom is 0.276 e. The molecule has 32 heavy (non-hydrogen) atoms. The number of ether oxygens (including phenoxy) is 1. The zero-order chi connectivity index (χ0) is 22.8. The van der Waals surface area contributed by atoms with Gasteiger partial charge in [-0.25, -0.2) is 4.68 Å². The quantitative estimate of drug-likeness (QED) is 0.681. The number of amides is 2. The molecular weight excluding hydrogens is 408 g/mol. The Bertz CT molecular complexity index is 1240. The lowest BCUT2D eigenvalue weighted by molar-refractivity contribution is 0.0302. The van der Waals surface area contributed by atoms with Gasteiger partial charge in [-0.15, -0.1) is 0 Å². The van der Waals surface area contributed by atoms with E-state index in [-0.39, 0.29) is 23.2 Å². The van der Waals surface area contributed by atoms with E-state index in [0.29, 0.717) is 53.9 Å². The Balaban J connectivity index is 1.69. The Morgan fingerprint density at radius 1 is 1.03 bits per heavy atom. The molecule has 1 aliphatic rings. The van der Waals surface area contributed by atoms with Crippen LogP contribution in [0.1, 0.15) is 46.3 Å². The van der Waals surface area contributed by atoms with E-state index in [1.807, 2.05) is 20.8 Å². The lowest BCUT2D eigenvalue weighted by atomic mass is 10.0. The van der Waals surface area contributed by atoms with Gasteiger partial charge in [0.25, 0.3) is 17.4 Å². The van der Waals surface area contributed by atoms with Crippen LogP contribution >= 0.6 is 0 Å². The molecule has 0 unspecified atom stereocenters. The molecule has 1 aliphatic heterocycles. The summed E-state index contributed by atoms with van der Waals surface area (Å²) in [6.45, 7) is 7.62. The highest BCUT2D eigenvalue weighted by atomic mass is 16.5. The molecule has 1 N–H and O–H groups in total. The topological polar surface area (TPSA) is 93.5 Å². The van der Waals surface area contributed by atoms with E-state index >= 15 is 0 Å². The van der Waals surface area contributed by atoms with Crippen LogP contribution in [-0.4, -0.2) is 52.8 Å². The highest BCUT2D eigenvalue weighted by Gasteiger charge is 2.23. The third-order valence-corrected chi connectivity index (χ3v) is 5.64. The van der Waals surface area contributed by atoms with Crippen molar-refractivity contribution >= 4 is 28.3 Å². The van der Waals surface area contributed by atoms with Crippen LogP contribution in [0.15, 0.2) is 47.3 Å². The molecule has 1 aromatic heterocycles. The number of anilines is 1. The van der Waals surface area contributed by atoms with Crippen molar-refractivity contribution in [3.63, 3.8) is 0 Å². The number of rotatable bonds is 4. The van der Waals surface area contributed by atoms with Gasteiger partial charge >= 0.3 is 0 Å². The van der Waals surface area contributed by atoms with E-state index in [9.17, 15) is 14.4 Å². The number of nitrogens with zero attached hydrogens (tertiary/aromatic N) is 3. The van der Waals surface area contributed by atoms with E-state index in [2.05, 4.69) is 10.4 Å². The molecule has 8 nitrogen and oxygen atoms in total. The summed E-state index contributed by atoms with van der Waals surface area (Å²) in [6, 6.07) is 12.0. The first-order valence-corrected chi connectivity index (χ1v) is 10.7. The summed E-state index contributed by atoms with van der Waals surface area (Å²) in [5.74, 6) is -0.520. The van der Waals surface area contributed by atoms with Crippen LogP contribution in [0.5, 0.6) is 0 Å². The van der Waals surface area contributed by atoms with Crippen molar-refractivity contribution < 1.29 is 14.3 Å². The zero-order valence-corrected chi connectivity index (χ0v) is 18.4. The summed E-state index contributed by atoms with van der Waals surface area (Å²) in [4.78, 5) is 40.7. The standard InChI is InChI=1S/C24H26N4O4/c1-15(2)28-24(31)19-8-5-4-7-18(19)21(26-28)22(29)25-20-10-6-9-17(16(20)3)23(30)27-11-13-32-14-12-27/h4-10,15H,11-14H2,1-3H3,(H,25,29). The molecule has 2 aromatic carbocycles. The first-order chi connectivity index (χ1) is 15.4. The summed E-state index contributed by atoms with van der Waals surface area (Å²) >= 11 is 0. The Kier molecular flexibility index (Phi) is 6.05. The smallest absolute Gasteiger partial charge is 0.276 e. The molecule has 2 heterocycles. The highest BCUT2D eigenvalue weighted by Crippen LogP contribution is 2.23. The van der Waals surface area contributed by atoms with E-state index in [0.717, 1.165) is 0 Å². The van der Waals surface area contributed by atoms with Crippen molar-refractivity contribution in [1.82, 2.24) is 14.7 Å². The van der Waals surface area contributed by atoms with Gasteiger partial charge in [0.15, 0.2) is 5.69 Å². The van der Waals surface area contributed by atoms with Gasteiger partial charge in [0.2, 0.25) is 0 Å². The number of morpholine rings is 1. The average molecular weight is 434 g/mol. The zero-order valence-electron chi connectivity index (χ0n) is 18.4. The predicted octanol–water partition coefficient (Wildman–Crippen LogP) is 3.01. The first kappa shape index (κ1) is 21.7. The van der Waals surface area contributed by atoms with Gasteiger partial charge in [0.1, 0.15) is 0 Å². The summed E-state index contributed by atoms with van der Waals surface area (Å²) in [5.41, 5.74) is 1.68. The van der Waals surface area contributed by atoms with Gasteiger partial charge in [-0.1, -0.05) is 24.3 Å². The van der Waals surface area contributed by atoms with Crippen molar-refractivity contribution in [2.45, 2.75) is 26.8 Å². The second-order valence-electron chi connectivity index (χ2n) is 8.07. The lowest BCUT2D eigenvalue weighted by Crippen LogP contribution is -2.41. The molecule has 2 amide bonds. The summed E-state index contributed by atoms with van der Waals surface area (Å²) in [7, 11) is 0. The van der Waals surface area contributed by atoms with Crippen molar-refractivity contribution in [3.05, 3.63) is 69.6 Å². The molecule has 4 rings (SSSR count). The number of hydrogen-bond acceptors (Lipinski definition) is 5. The van der Waals surface area contributed by atoms with Crippen molar-refractivity contribution in [1.29, 1.82) is 0 Å². The molecule has 0 bridgehead atoms. The number of carbonyl (C=O) groups excluding carboxylic acids is 2. The largest absolute Gasteiger partial charge is 0.378 e. The van der Waals surface area contributed by atoms with Crippen LogP contribution in [0.2, 0.25) is 0 Å². The van der Waals surface area contributed by atoms with E-state index in [4.69, 9.17) is 4.74 Å². The minimum absolute atomic E-state index is 0.0844. The maximum atomic E-state index is 13.2. The Hall–Kier alpha value is -3.52. The number of nitrogens with one attached hydrogen (secondary N) is 1. The maximum absolute atomic E-state index is 13.2. The average Bonchev–Trinajstić information content (AvgIpc) is 2.80. The second kappa shape index (κ2) is 8.92. The lowest BCUT2D eigenvalue weighted by Gasteiger charge is -2.27. The Labute approximate surface area is 185 Å². The first-order valence-electron chi connectivity index (χ1n) is 10.7. The number of benzene rings is 2. The van der Waals surface area contributed by atoms with Crippen LogP contribution in [-0.2, 0) is 4.74 Å². The Morgan fingerprint density at radius 2 is 1.72 bits per heavy atom. The van der Waals surface area contributed by atoms with E-state index in [1.165, 1.54) is 4.68 Å². The fraction of sp³-hybridized carbons (Fsp3) is 0.333. The van der Waals surface area contributed by atoms with Crippen molar-refractivity contribution in [2.75, 3.05) is 31.6 Å². The summed E-state index contributed by atoms with van der Waals surface area (Å²) in [5, 5.41) is 8.18. The minimum atomic E-state index is -0.435. The predicted molar refractivity (Wildman–Crippen MR) is 122 cm³/mol. The molecule has 0 atom stereocenters. The molecule has 0 spiro atoms. The van der Waals surface area contributed by atoms with Crippen LogP contribution in [0, 0.1) is 6.92 Å². The second-order valence-corrected chi connectivity index (χ2v) is 8.07. The van der Waals surface area contributed by atoms with Crippen molar-refractivity contribution in [3.8, 4) is 0 Å². The number of fused-ring (bicyclic) bond motifs is 1. The molecule has 8 heteroatoms. The molecular formula is C24H26N4O4. The fourth-order valence-electron chi connectivity index (χ4n) is 3.85. The van der Waals surface area contributed by atoms with E-state index < -0.39 is 5.91 Å². The molecule has 0 radical (unpaired) electrons. The van der Waals surface area contributed by atoms with Gasteiger partial charge in [0, 0.05) is 29.7 Å². The monoisotopic (exact) mass is 434 g/mol. The summed E-state index contributed by atoms with van der Waals surface area (Å²) < 4.78 is 6.65. The van der Waals surface area contributed by atoms with Crippen LogP contribution in [0.4, 0.5) is 5.69 Å².